The average Bonchev–Trinajstić information content (AvgIpc) is 3.41. The van der Waals surface area contributed by atoms with E-state index in [4.69, 9.17) is 20.9 Å². The van der Waals surface area contributed by atoms with Crippen LogP contribution in [0.5, 0.6) is 0 Å². The molecule has 0 radical (unpaired) electrons. The predicted molar refractivity (Wildman–Crippen MR) is 99.2 cm³/mol. The van der Waals surface area contributed by atoms with Crippen molar-refractivity contribution in [1.29, 1.82) is 0 Å². The van der Waals surface area contributed by atoms with Gasteiger partial charge in [0, 0.05) is 30.5 Å². The highest BCUT2D eigenvalue weighted by molar-refractivity contribution is 7.89. The lowest BCUT2D eigenvalue weighted by Gasteiger charge is -2.31. The summed E-state index contributed by atoms with van der Waals surface area (Å²) in [6.45, 7) is 1.39. The van der Waals surface area contributed by atoms with Crippen LogP contribution in [0.1, 0.15) is 43.3 Å². The highest BCUT2D eigenvalue weighted by Crippen LogP contribution is 2.38. The van der Waals surface area contributed by atoms with Crippen molar-refractivity contribution in [1.82, 2.24) is 14.4 Å². The number of benzene rings is 1. The van der Waals surface area contributed by atoms with E-state index in [1.807, 2.05) is 0 Å². The Labute approximate surface area is 163 Å². The molecule has 0 atom stereocenters. The van der Waals surface area contributed by atoms with E-state index in [1.165, 1.54) is 10.4 Å². The molecule has 0 N–H and O–H groups in total. The van der Waals surface area contributed by atoms with Crippen molar-refractivity contribution in [2.75, 3.05) is 19.7 Å². The maximum atomic E-state index is 12.7. The van der Waals surface area contributed by atoms with Gasteiger partial charge in [-0.05, 0) is 43.9 Å². The fraction of sp³-hybridized carbons (Fsp3) is 0.556. The van der Waals surface area contributed by atoms with E-state index in [0.717, 1.165) is 18.7 Å². The van der Waals surface area contributed by atoms with Gasteiger partial charge in [-0.3, -0.25) is 0 Å². The Balaban J connectivity index is 1.24. The van der Waals surface area contributed by atoms with Gasteiger partial charge in [0.2, 0.25) is 15.9 Å². The summed E-state index contributed by atoms with van der Waals surface area (Å²) in [4.78, 5) is 4.62. The van der Waals surface area contributed by atoms with Crippen molar-refractivity contribution in [3.8, 4) is 0 Å². The lowest BCUT2D eigenvalue weighted by molar-refractivity contribution is 0.0222. The number of hydrogen-bond acceptors (Lipinski definition) is 6. The van der Waals surface area contributed by atoms with Crippen LogP contribution in [0, 0.1) is 0 Å². The van der Waals surface area contributed by atoms with Crippen molar-refractivity contribution in [2.24, 2.45) is 0 Å². The Morgan fingerprint density at radius 3 is 2.70 bits per heavy atom. The zero-order valence-electron chi connectivity index (χ0n) is 14.9. The minimum Gasteiger partial charge on any atom is -0.378 e. The van der Waals surface area contributed by atoms with Crippen molar-refractivity contribution < 1.29 is 17.7 Å². The Morgan fingerprint density at radius 2 is 2.00 bits per heavy atom. The summed E-state index contributed by atoms with van der Waals surface area (Å²) < 4.78 is 38.0. The highest BCUT2D eigenvalue weighted by atomic mass is 35.5. The summed E-state index contributed by atoms with van der Waals surface area (Å²) in [7, 11) is -3.51. The zero-order valence-corrected chi connectivity index (χ0v) is 16.5. The summed E-state index contributed by atoms with van der Waals surface area (Å²) in [5.74, 6) is 1.88. The van der Waals surface area contributed by atoms with Crippen molar-refractivity contribution in [3.05, 3.63) is 41.0 Å². The van der Waals surface area contributed by atoms with Gasteiger partial charge in [0.25, 0.3) is 0 Å². The van der Waals surface area contributed by atoms with E-state index in [9.17, 15) is 8.42 Å². The van der Waals surface area contributed by atoms with Crippen LogP contribution in [0.4, 0.5) is 0 Å². The number of nitrogens with zero attached hydrogens (tertiary/aromatic N) is 3. The molecule has 0 spiro atoms. The van der Waals surface area contributed by atoms with Crippen LogP contribution in [0.25, 0.3) is 0 Å². The molecule has 2 aromatic rings. The number of hydrogen-bond donors (Lipinski definition) is 0. The molecule has 0 bridgehead atoms. The van der Waals surface area contributed by atoms with E-state index in [1.54, 1.807) is 18.2 Å². The predicted octanol–water partition coefficient (Wildman–Crippen LogP) is 3.01. The molecule has 1 aromatic carbocycles. The van der Waals surface area contributed by atoms with Gasteiger partial charge in [0.15, 0.2) is 5.82 Å². The van der Waals surface area contributed by atoms with E-state index in [2.05, 4.69) is 10.1 Å². The van der Waals surface area contributed by atoms with E-state index in [-0.39, 0.29) is 11.0 Å². The summed E-state index contributed by atoms with van der Waals surface area (Å²) in [6.07, 6.45) is 4.25. The summed E-state index contributed by atoms with van der Waals surface area (Å²) in [5, 5.41) is 4.40. The number of piperidine rings is 1. The minimum absolute atomic E-state index is 0.0469. The third-order valence-electron chi connectivity index (χ3n) is 4.92. The number of sulfonamides is 1. The molecule has 4 rings (SSSR count). The van der Waals surface area contributed by atoms with Gasteiger partial charge in [-0.15, -0.1) is 0 Å². The summed E-state index contributed by atoms with van der Waals surface area (Å²) >= 11 is 5.92. The van der Waals surface area contributed by atoms with Crippen LogP contribution in [0.15, 0.2) is 33.7 Å². The van der Waals surface area contributed by atoms with Gasteiger partial charge < -0.3 is 9.26 Å². The Bertz CT molecular complexity index is 890. The Hall–Kier alpha value is -1.48. The normalized spacial score (nSPS) is 19.4. The van der Waals surface area contributed by atoms with Crippen LogP contribution in [0.3, 0.4) is 0 Å². The molecule has 2 fully saturated rings. The van der Waals surface area contributed by atoms with Crippen molar-refractivity contribution in [2.45, 2.75) is 49.0 Å². The maximum Gasteiger partial charge on any atom is 0.243 e. The summed E-state index contributed by atoms with van der Waals surface area (Å²) in [5.41, 5.74) is 0. The molecular weight excluding hydrogens is 390 g/mol. The molecule has 7 nitrogen and oxygen atoms in total. The molecule has 1 saturated carbocycles. The fourth-order valence-electron chi connectivity index (χ4n) is 3.20. The van der Waals surface area contributed by atoms with E-state index in [0.29, 0.717) is 55.7 Å². The topological polar surface area (TPSA) is 85.5 Å². The quantitative estimate of drug-likeness (QED) is 0.696. The monoisotopic (exact) mass is 411 g/mol. The summed E-state index contributed by atoms with van der Waals surface area (Å²) in [6, 6.07) is 6.38. The minimum atomic E-state index is -3.51. The molecule has 9 heteroatoms. The van der Waals surface area contributed by atoms with Crippen molar-refractivity contribution >= 4 is 21.6 Å². The average molecular weight is 412 g/mol. The van der Waals surface area contributed by atoms with Crippen LogP contribution in [0.2, 0.25) is 5.02 Å². The zero-order chi connectivity index (χ0) is 18.9. The maximum absolute atomic E-state index is 12.7. The van der Waals surface area contributed by atoms with Crippen LogP contribution < -0.4 is 0 Å². The molecule has 2 heterocycles. The molecule has 146 valence electrons. The van der Waals surface area contributed by atoms with Gasteiger partial charge in [-0.25, -0.2) is 8.42 Å². The molecule has 1 aliphatic heterocycles. The second-order valence-corrected chi connectivity index (χ2v) is 9.38. The Morgan fingerprint density at radius 1 is 1.22 bits per heavy atom. The molecule has 0 amide bonds. The van der Waals surface area contributed by atoms with Gasteiger partial charge in [0.1, 0.15) is 0 Å². The molecular formula is C18H22ClN3O4S. The Kier molecular flexibility index (Phi) is 5.50. The number of rotatable bonds is 7. The standard InChI is InChI=1S/C18H22ClN3O4S/c19-14-2-1-3-16(12-14)27(23,24)22-9-6-15(7-10-22)25-11-8-17-20-18(26-21-17)13-4-5-13/h1-3,12-13,15H,4-11H2. The third-order valence-corrected chi connectivity index (χ3v) is 7.05. The number of aromatic nitrogens is 2. The van der Waals surface area contributed by atoms with Gasteiger partial charge in [-0.1, -0.05) is 22.8 Å². The number of ether oxygens (including phenoxy) is 1. The molecule has 0 unspecified atom stereocenters. The fourth-order valence-corrected chi connectivity index (χ4v) is 4.97. The number of halogens is 1. The van der Waals surface area contributed by atoms with Gasteiger partial charge in [-0.2, -0.15) is 9.29 Å². The molecule has 1 saturated heterocycles. The lowest BCUT2D eigenvalue weighted by atomic mass is 10.1. The molecule has 27 heavy (non-hydrogen) atoms. The van der Waals surface area contributed by atoms with E-state index >= 15 is 0 Å². The smallest absolute Gasteiger partial charge is 0.243 e. The first-order valence-electron chi connectivity index (χ1n) is 9.22. The first-order chi connectivity index (χ1) is 13.0. The SMILES string of the molecule is O=S(=O)(c1cccc(Cl)c1)N1CCC(OCCc2noc(C3CC3)n2)CC1. The highest BCUT2D eigenvalue weighted by Gasteiger charge is 2.31. The second kappa shape index (κ2) is 7.87. The van der Waals surface area contributed by atoms with E-state index < -0.39 is 10.0 Å². The molecule has 1 aliphatic carbocycles. The van der Waals surface area contributed by atoms with Crippen molar-refractivity contribution in [3.63, 3.8) is 0 Å². The lowest BCUT2D eigenvalue weighted by Crippen LogP contribution is -2.41. The van der Waals surface area contributed by atoms with Gasteiger partial charge in [0.05, 0.1) is 17.6 Å². The second-order valence-electron chi connectivity index (χ2n) is 7.00. The first kappa shape index (κ1) is 18.9. The van der Waals surface area contributed by atoms with Crippen LogP contribution in [-0.2, 0) is 21.2 Å². The van der Waals surface area contributed by atoms with Crippen LogP contribution in [-0.4, -0.2) is 48.7 Å². The third kappa shape index (κ3) is 4.51. The first-order valence-corrected chi connectivity index (χ1v) is 11.0. The van der Waals surface area contributed by atoms with Crippen LogP contribution >= 0.6 is 11.6 Å². The molecule has 1 aromatic heterocycles. The largest absolute Gasteiger partial charge is 0.378 e. The van der Waals surface area contributed by atoms with Gasteiger partial charge >= 0.3 is 0 Å². The molecule has 2 aliphatic rings.